The van der Waals surface area contributed by atoms with Crippen molar-refractivity contribution in [2.75, 3.05) is 30.6 Å². The van der Waals surface area contributed by atoms with Crippen molar-refractivity contribution in [1.82, 2.24) is 0 Å². The van der Waals surface area contributed by atoms with Gasteiger partial charge in [-0.15, -0.1) is 0 Å². The van der Waals surface area contributed by atoms with E-state index in [9.17, 15) is 9.59 Å². The predicted octanol–water partition coefficient (Wildman–Crippen LogP) is 3.82. The summed E-state index contributed by atoms with van der Waals surface area (Å²) < 4.78 is 10.8. The molecule has 2 amide bonds. The van der Waals surface area contributed by atoms with E-state index in [0.717, 1.165) is 5.56 Å². The van der Waals surface area contributed by atoms with Crippen LogP contribution in [0.5, 0.6) is 11.5 Å². The van der Waals surface area contributed by atoms with Crippen molar-refractivity contribution in [2.45, 2.75) is 6.04 Å². The zero-order chi connectivity index (χ0) is 21.1. The minimum absolute atomic E-state index is 0.0966. The maximum absolute atomic E-state index is 13.8. The molecule has 6 nitrogen and oxygen atoms in total. The number of benzene rings is 3. The Morgan fingerprint density at radius 1 is 0.833 bits per heavy atom. The molecule has 3 aromatic carbocycles. The zero-order valence-electron chi connectivity index (χ0n) is 16.8. The summed E-state index contributed by atoms with van der Waals surface area (Å²) in [6.45, 7) is -0.0966. The molecule has 1 aliphatic heterocycles. The van der Waals surface area contributed by atoms with Crippen LogP contribution >= 0.6 is 0 Å². The number of ether oxygens (including phenoxy) is 2. The summed E-state index contributed by atoms with van der Waals surface area (Å²) in [4.78, 5) is 30.1. The minimum Gasteiger partial charge on any atom is -0.497 e. The molecule has 30 heavy (non-hydrogen) atoms. The average molecular weight is 402 g/mol. The van der Waals surface area contributed by atoms with Gasteiger partial charge in [0.2, 0.25) is 5.91 Å². The molecule has 152 valence electrons. The van der Waals surface area contributed by atoms with Crippen molar-refractivity contribution < 1.29 is 19.1 Å². The van der Waals surface area contributed by atoms with E-state index >= 15 is 0 Å². The van der Waals surface area contributed by atoms with Crippen molar-refractivity contribution in [3.05, 3.63) is 84.4 Å². The van der Waals surface area contributed by atoms with Gasteiger partial charge in [0, 0.05) is 11.8 Å². The molecular weight excluding hydrogens is 380 g/mol. The number of hydrogen-bond acceptors (Lipinski definition) is 4. The molecule has 0 N–H and O–H groups in total. The van der Waals surface area contributed by atoms with Crippen molar-refractivity contribution in [1.29, 1.82) is 0 Å². The second-order valence-electron chi connectivity index (χ2n) is 6.87. The maximum atomic E-state index is 13.8. The molecule has 3 aromatic rings. The fourth-order valence-electron chi connectivity index (χ4n) is 3.71. The van der Waals surface area contributed by atoms with Gasteiger partial charge in [-0.3, -0.25) is 19.4 Å². The van der Waals surface area contributed by atoms with Gasteiger partial charge in [0.25, 0.3) is 5.91 Å². The van der Waals surface area contributed by atoms with Crippen LogP contribution in [-0.4, -0.2) is 32.6 Å². The Bertz CT molecular complexity index is 1050. The molecule has 0 aromatic heterocycles. The van der Waals surface area contributed by atoms with E-state index in [1.54, 1.807) is 30.2 Å². The lowest BCUT2D eigenvalue weighted by Gasteiger charge is -2.40. The van der Waals surface area contributed by atoms with Crippen molar-refractivity contribution in [2.24, 2.45) is 0 Å². The number of amides is 2. The van der Waals surface area contributed by atoms with Crippen LogP contribution in [0.1, 0.15) is 11.6 Å². The molecule has 1 fully saturated rings. The third-order valence-corrected chi connectivity index (χ3v) is 5.15. The van der Waals surface area contributed by atoms with Crippen LogP contribution in [0.25, 0.3) is 0 Å². The molecule has 6 heteroatoms. The molecule has 1 heterocycles. The fraction of sp³-hybridized carbons (Fsp3) is 0.167. The van der Waals surface area contributed by atoms with Gasteiger partial charge in [0.1, 0.15) is 24.1 Å². The molecule has 0 saturated carbocycles. The first-order valence-electron chi connectivity index (χ1n) is 9.59. The number of rotatable bonds is 5. The van der Waals surface area contributed by atoms with E-state index in [2.05, 4.69) is 0 Å². The van der Waals surface area contributed by atoms with E-state index in [4.69, 9.17) is 9.47 Å². The van der Waals surface area contributed by atoms with Gasteiger partial charge >= 0.3 is 0 Å². The predicted molar refractivity (Wildman–Crippen MR) is 115 cm³/mol. The van der Waals surface area contributed by atoms with E-state index in [-0.39, 0.29) is 18.4 Å². The first kappa shape index (κ1) is 19.5. The average Bonchev–Trinajstić information content (AvgIpc) is 2.80. The quantitative estimate of drug-likeness (QED) is 0.651. The normalized spacial score (nSPS) is 16.5. The van der Waals surface area contributed by atoms with Crippen LogP contribution in [0.4, 0.5) is 11.4 Å². The van der Waals surface area contributed by atoms with Gasteiger partial charge in [0.15, 0.2) is 0 Å². The summed E-state index contributed by atoms with van der Waals surface area (Å²) in [5, 5.41) is 0. The highest BCUT2D eigenvalue weighted by Crippen LogP contribution is 2.39. The number of piperazine rings is 1. The molecule has 1 atom stereocenters. The van der Waals surface area contributed by atoms with Crippen molar-refractivity contribution in [3.63, 3.8) is 0 Å². The van der Waals surface area contributed by atoms with Gasteiger partial charge in [-0.1, -0.05) is 48.5 Å². The van der Waals surface area contributed by atoms with E-state index in [1.807, 2.05) is 60.7 Å². The Balaban J connectivity index is 1.83. The van der Waals surface area contributed by atoms with Crippen LogP contribution in [-0.2, 0) is 9.59 Å². The second-order valence-corrected chi connectivity index (χ2v) is 6.87. The molecule has 0 spiro atoms. The summed E-state index contributed by atoms with van der Waals surface area (Å²) in [6.07, 6.45) is 0. The van der Waals surface area contributed by atoms with Crippen molar-refractivity contribution >= 4 is 23.2 Å². The molecule has 0 unspecified atom stereocenters. The van der Waals surface area contributed by atoms with Gasteiger partial charge < -0.3 is 9.47 Å². The maximum Gasteiger partial charge on any atom is 0.255 e. The van der Waals surface area contributed by atoms with Gasteiger partial charge in [-0.2, -0.15) is 0 Å². The summed E-state index contributed by atoms with van der Waals surface area (Å²) in [5.74, 6) is 0.681. The largest absolute Gasteiger partial charge is 0.497 e. The van der Waals surface area contributed by atoms with Crippen LogP contribution in [0.2, 0.25) is 0 Å². The summed E-state index contributed by atoms with van der Waals surface area (Å²) in [6, 6.07) is 23.0. The number of anilines is 2. The van der Waals surface area contributed by atoms with E-state index < -0.39 is 6.04 Å². The number of hydrogen-bond donors (Lipinski definition) is 0. The SMILES string of the molecule is COc1ccc(OC)c(N2CC(=O)N(c3ccccc3)[C@@H](c3ccccc3)C2=O)c1. The fourth-order valence-corrected chi connectivity index (χ4v) is 3.71. The standard InChI is InChI=1S/C24H22N2O4/c1-29-19-13-14-21(30-2)20(15-19)25-16-22(27)26(18-11-7-4-8-12-18)23(24(25)28)17-9-5-3-6-10-17/h3-15,23H,16H2,1-2H3/t23-/m0/s1. The lowest BCUT2D eigenvalue weighted by Crippen LogP contribution is -2.56. The molecule has 0 bridgehead atoms. The van der Waals surface area contributed by atoms with E-state index in [0.29, 0.717) is 22.9 Å². The Morgan fingerprint density at radius 3 is 2.13 bits per heavy atom. The number of carbonyl (C=O) groups excluding carboxylic acids is 2. The third kappa shape index (κ3) is 3.48. The molecule has 1 aliphatic rings. The lowest BCUT2D eigenvalue weighted by molar-refractivity contribution is -0.128. The van der Waals surface area contributed by atoms with Crippen LogP contribution < -0.4 is 19.3 Å². The van der Waals surface area contributed by atoms with Crippen LogP contribution in [0, 0.1) is 0 Å². The van der Waals surface area contributed by atoms with Crippen LogP contribution in [0.15, 0.2) is 78.9 Å². The molecule has 0 aliphatic carbocycles. The highest BCUT2D eigenvalue weighted by Gasteiger charge is 2.42. The summed E-state index contributed by atoms with van der Waals surface area (Å²) in [7, 11) is 3.09. The smallest absolute Gasteiger partial charge is 0.255 e. The molecule has 1 saturated heterocycles. The molecule has 0 radical (unpaired) electrons. The van der Waals surface area contributed by atoms with E-state index in [1.165, 1.54) is 12.0 Å². The summed E-state index contributed by atoms with van der Waals surface area (Å²) in [5.41, 5.74) is 1.93. The Kier molecular flexibility index (Phi) is 5.39. The second kappa shape index (κ2) is 8.29. The first-order valence-corrected chi connectivity index (χ1v) is 9.59. The van der Waals surface area contributed by atoms with Crippen LogP contribution in [0.3, 0.4) is 0 Å². The monoisotopic (exact) mass is 402 g/mol. The zero-order valence-corrected chi connectivity index (χ0v) is 16.8. The topological polar surface area (TPSA) is 59.1 Å². The first-order chi connectivity index (χ1) is 14.6. The van der Waals surface area contributed by atoms with Crippen molar-refractivity contribution in [3.8, 4) is 11.5 Å². The number of methoxy groups -OCH3 is 2. The minimum atomic E-state index is -0.786. The van der Waals surface area contributed by atoms with Gasteiger partial charge in [-0.25, -0.2) is 0 Å². The summed E-state index contributed by atoms with van der Waals surface area (Å²) >= 11 is 0. The molecular formula is C24H22N2O4. The van der Waals surface area contributed by atoms with Gasteiger partial charge in [0.05, 0.1) is 19.9 Å². The Morgan fingerprint density at radius 2 is 1.50 bits per heavy atom. The Hall–Kier alpha value is -3.80. The number of carbonyl (C=O) groups is 2. The third-order valence-electron chi connectivity index (χ3n) is 5.15. The Labute approximate surface area is 175 Å². The number of nitrogens with zero attached hydrogens (tertiary/aromatic N) is 2. The highest BCUT2D eigenvalue weighted by atomic mass is 16.5. The highest BCUT2D eigenvalue weighted by molar-refractivity contribution is 6.15. The molecule has 4 rings (SSSR count). The van der Waals surface area contributed by atoms with Gasteiger partial charge in [-0.05, 0) is 29.8 Å². The number of para-hydroxylation sites is 1. The lowest BCUT2D eigenvalue weighted by atomic mass is 9.99.